The van der Waals surface area contributed by atoms with Gasteiger partial charge >= 0.3 is 0 Å². The van der Waals surface area contributed by atoms with Crippen LogP contribution in [0.3, 0.4) is 0 Å². The first kappa shape index (κ1) is 27.3. The van der Waals surface area contributed by atoms with Crippen molar-refractivity contribution >= 4 is 23.4 Å². The molecule has 1 saturated carbocycles. The smallest absolute Gasteiger partial charge is 0.246 e. The van der Waals surface area contributed by atoms with Crippen LogP contribution < -0.4 is 20.1 Å². The van der Waals surface area contributed by atoms with Gasteiger partial charge in [-0.1, -0.05) is 43.5 Å². The Kier molecular flexibility index (Phi) is 7.46. The van der Waals surface area contributed by atoms with Crippen molar-refractivity contribution in [1.82, 2.24) is 10.2 Å². The van der Waals surface area contributed by atoms with Gasteiger partial charge in [-0.15, -0.1) is 0 Å². The van der Waals surface area contributed by atoms with E-state index in [0.29, 0.717) is 23.8 Å². The number of hydrogen-bond donors (Lipinski definition) is 2. The Morgan fingerprint density at radius 1 is 1.00 bits per heavy atom. The molecule has 9 nitrogen and oxygen atoms in total. The maximum atomic E-state index is 14.2. The summed E-state index contributed by atoms with van der Waals surface area (Å²) in [5, 5.41) is 6.19. The van der Waals surface area contributed by atoms with Crippen LogP contribution in [0.2, 0.25) is 0 Å². The third-order valence-electron chi connectivity index (χ3n) is 8.82. The van der Waals surface area contributed by atoms with Crippen molar-refractivity contribution in [3.63, 3.8) is 0 Å². The predicted octanol–water partition coefficient (Wildman–Crippen LogP) is 3.83. The quantitative estimate of drug-likeness (QED) is 0.453. The van der Waals surface area contributed by atoms with Crippen LogP contribution in [0.4, 0.5) is 5.69 Å². The normalized spacial score (nSPS) is 28.4. The molecule has 9 heteroatoms. The predicted molar refractivity (Wildman–Crippen MR) is 152 cm³/mol. The molecule has 2 N–H and O–H groups in total. The molecule has 41 heavy (non-hydrogen) atoms. The molecule has 1 aliphatic carbocycles. The molecule has 2 aromatic rings. The number of likely N-dealkylation sites (tertiary alicyclic amines) is 1. The number of anilines is 1. The average molecular weight is 560 g/mol. The maximum Gasteiger partial charge on any atom is 0.246 e. The van der Waals surface area contributed by atoms with Crippen LogP contribution in [0.5, 0.6) is 11.5 Å². The Hall–Kier alpha value is -3.85. The van der Waals surface area contributed by atoms with Crippen LogP contribution in [-0.2, 0) is 25.7 Å². The van der Waals surface area contributed by atoms with Crippen molar-refractivity contribution in [3.8, 4) is 11.5 Å². The molecule has 0 aromatic heterocycles. The number of fused-ring (bicyclic) bond motifs is 1. The minimum Gasteiger partial charge on any atom is -0.497 e. The number of ether oxygens (including phenoxy) is 3. The number of hydrogen-bond acceptors (Lipinski definition) is 6. The Morgan fingerprint density at radius 3 is 2.39 bits per heavy atom. The van der Waals surface area contributed by atoms with Gasteiger partial charge < -0.3 is 29.7 Å². The Bertz CT molecular complexity index is 1320. The molecule has 0 radical (unpaired) electrons. The lowest BCUT2D eigenvalue weighted by Crippen LogP contribution is -2.56. The van der Waals surface area contributed by atoms with Crippen molar-refractivity contribution in [2.45, 2.75) is 69.4 Å². The largest absolute Gasteiger partial charge is 0.497 e. The zero-order valence-corrected chi connectivity index (χ0v) is 23.5. The number of nitrogens with one attached hydrogen (secondary N) is 2. The number of amides is 3. The summed E-state index contributed by atoms with van der Waals surface area (Å²) in [4.78, 5) is 43.5. The molecule has 3 heterocycles. The van der Waals surface area contributed by atoms with Crippen LogP contribution in [-0.4, -0.2) is 60.1 Å². The number of rotatable bonds is 9. The van der Waals surface area contributed by atoms with Gasteiger partial charge in [0.15, 0.2) is 0 Å². The van der Waals surface area contributed by atoms with Crippen molar-refractivity contribution in [1.29, 1.82) is 0 Å². The molecule has 4 aliphatic rings. The van der Waals surface area contributed by atoms with Crippen molar-refractivity contribution in [3.05, 3.63) is 66.2 Å². The van der Waals surface area contributed by atoms with Crippen molar-refractivity contribution in [2.24, 2.45) is 11.8 Å². The fraction of sp³-hybridized carbons (Fsp3) is 0.469. The van der Waals surface area contributed by atoms with Crippen LogP contribution >= 0.6 is 0 Å². The van der Waals surface area contributed by atoms with Gasteiger partial charge in [-0.3, -0.25) is 14.4 Å². The topological polar surface area (TPSA) is 106 Å². The number of carbonyl (C=O) groups excluding carboxylic acids is 3. The molecule has 2 saturated heterocycles. The highest BCUT2D eigenvalue weighted by molar-refractivity contribution is 6.02. The molecule has 3 fully saturated rings. The fourth-order valence-corrected chi connectivity index (χ4v) is 6.92. The second-order valence-corrected chi connectivity index (χ2v) is 11.3. The van der Waals surface area contributed by atoms with E-state index in [1.807, 2.05) is 43.3 Å². The lowest BCUT2D eigenvalue weighted by Gasteiger charge is -2.34. The van der Waals surface area contributed by atoms with Gasteiger partial charge in [-0.25, -0.2) is 0 Å². The summed E-state index contributed by atoms with van der Waals surface area (Å²) in [6.07, 6.45) is 8.27. The maximum absolute atomic E-state index is 14.2. The summed E-state index contributed by atoms with van der Waals surface area (Å²) in [7, 11) is 1.60. The van der Waals surface area contributed by atoms with Crippen LogP contribution in [0.25, 0.3) is 0 Å². The average Bonchev–Trinajstić information content (AvgIpc) is 3.62. The van der Waals surface area contributed by atoms with E-state index in [4.69, 9.17) is 14.2 Å². The SMILES string of the molecule is CCOc1ccc(NC(=O)C2[C@@H]3C=CC4(O3)C(C(=O)NC3CCCCC3)N(Cc3ccc(OC)cc3)C(=O)[C@H]24)cc1. The Labute approximate surface area is 240 Å². The van der Waals surface area contributed by atoms with Gasteiger partial charge in [0.05, 0.1) is 31.7 Å². The molecule has 2 aromatic carbocycles. The molecule has 1 spiro atoms. The number of carbonyl (C=O) groups is 3. The van der Waals surface area contributed by atoms with E-state index >= 15 is 0 Å². The van der Waals surface area contributed by atoms with Gasteiger partial charge in [0.1, 0.15) is 23.1 Å². The molecular weight excluding hydrogens is 522 g/mol. The standard InChI is InChI=1S/C32H37N3O6/c1-3-40-24-15-11-22(12-16-24)33-29(36)26-25-17-18-32(41-25)27(26)31(38)35(19-20-9-13-23(39-2)14-10-20)28(32)30(37)34-21-7-5-4-6-8-21/h9-18,21,25-28H,3-8,19H2,1-2H3,(H,33,36)(H,34,37)/t25-,26?,27-,28?,32?/m0/s1. The zero-order chi connectivity index (χ0) is 28.6. The summed E-state index contributed by atoms with van der Waals surface area (Å²) in [5.74, 6) is -0.920. The van der Waals surface area contributed by atoms with E-state index in [-0.39, 0.29) is 30.3 Å². The molecule has 216 valence electrons. The highest BCUT2D eigenvalue weighted by Crippen LogP contribution is 2.55. The summed E-state index contributed by atoms with van der Waals surface area (Å²) >= 11 is 0. The van der Waals surface area contributed by atoms with Gasteiger partial charge in [0.25, 0.3) is 0 Å². The lowest BCUT2D eigenvalue weighted by molar-refractivity contribution is -0.142. The summed E-state index contributed by atoms with van der Waals surface area (Å²) in [6, 6.07) is 13.8. The Balaban J connectivity index is 1.29. The second kappa shape index (κ2) is 11.2. The lowest BCUT2D eigenvalue weighted by atomic mass is 9.74. The molecule has 3 unspecified atom stereocenters. The molecule has 2 bridgehead atoms. The third kappa shape index (κ3) is 4.96. The number of methoxy groups -OCH3 is 1. The van der Waals surface area contributed by atoms with E-state index in [1.54, 1.807) is 36.3 Å². The van der Waals surface area contributed by atoms with Crippen molar-refractivity contribution in [2.75, 3.05) is 19.0 Å². The fourth-order valence-electron chi connectivity index (χ4n) is 6.92. The molecular formula is C32H37N3O6. The molecule has 3 amide bonds. The first-order chi connectivity index (χ1) is 19.9. The number of nitrogens with zero attached hydrogens (tertiary/aromatic N) is 1. The minimum absolute atomic E-state index is 0.0750. The van der Waals surface area contributed by atoms with E-state index in [1.165, 1.54) is 6.42 Å². The minimum atomic E-state index is -1.20. The van der Waals surface area contributed by atoms with Gasteiger partial charge in [-0.05, 0) is 61.7 Å². The molecule has 3 aliphatic heterocycles. The van der Waals surface area contributed by atoms with Gasteiger partial charge in [-0.2, -0.15) is 0 Å². The Morgan fingerprint density at radius 2 is 1.71 bits per heavy atom. The van der Waals surface area contributed by atoms with Gasteiger partial charge in [0, 0.05) is 18.3 Å². The summed E-state index contributed by atoms with van der Waals surface area (Å²) in [5.41, 5.74) is 0.264. The van der Waals surface area contributed by atoms with E-state index < -0.39 is 29.6 Å². The van der Waals surface area contributed by atoms with E-state index in [0.717, 1.165) is 31.2 Å². The monoisotopic (exact) mass is 559 g/mol. The van der Waals surface area contributed by atoms with E-state index in [2.05, 4.69) is 10.6 Å². The van der Waals surface area contributed by atoms with E-state index in [9.17, 15) is 14.4 Å². The van der Waals surface area contributed by atoms with Crippen molar-refractivity contribution < 1.29 is 28.6 Å². The highest BCUT2D eigenvalue weighted by Gasteiger charge is 2.72. The first-order valence-corrected chi connectivity index (χ1v) is 14.6. The van der Waals surface area contributed by atoms with Crippen LogP contribution in [0.1, 0.15) is 44.6 Å². The molecule has 5 atom stereocenters. The molecule has 6 rings (SSSR count). The van der Waals surface area contributed by atoms with Gasteiger partial charge in [0.2, 0.25) is 17.7 Å². The first-order valence-electron chi connectivity index (χ1n) is 14.6. The summed E-state index contributed by atoms with van der Waals surface area (Å²) < 4.78 is 17.3. The zero-order valence-electron chi connectivity index (χ0n) is 23.5. The third-order valence-corrected chi connectivity index (χ3v) is 8.82. The second-order valence-electron chi connectivity index (χ2n) is 11.3. The number of benzene rings is 2. The van der Waals surface area contributed by atoms with Crippen LogP contribution in [0, 0.1) is 11.8 Å². The highest BCUT2D eigenvalue weighted by atomic mass is 16.5. The van der Waals surface area contributed by atoms with Crippen LogP contribution in [0.15, 0.2) is 60.7 Å². The summed E-state index contributed by atoms with van der Waals surface area (Å²) in [6.45, 7) is 2.68.